The van der Waals surface area contributed by atoms with Gasteiger partial charge in [0, 0.05) is 0 Å². The number of hydrogen-bond acceptors (Lipinski definition) is 1. The molecule has 0 amide bonds. The van der Waals surface area contributed by atoms with E-state index in [9.17, 15) is 0 Å². The van der Waals surface area contributed by atoms with Crippen LogP contribution in [-0.4, -0.2) is 11.2 Å². The largest absolute Gasteiger partial charge is 0.345 e. The third-order valence-electron chi connectivity index (χ3n) is 3.44. The highest BCUT2D eigenvalue weighted by atomic mass is 16.6. The van der Waals surface area contributed by atoms with E-state index >= 15 is 0 Å². The minimum absolute atomic E-state index is 0.184. The van der Waals surface area contributed by atoms with Gasteiger partial charge in [-0.1, -0.05) is 36.4 Å². The highest BCUT2D eigenvalue weighted by molar-refractivity contribution is 5.71. The van der Waals surface area contributed by atoms with Gasteiger partial charge in [-0.15, -0.1) is 0 Å². The molecule has 3 aliphatic rings. The van der Waals surface area contributed by atoms with Crippen molar-refractivity contribution in [3.8, 4) is 0 Å². The molecule has 0 aromatic heterocycles. The summed E-state index contributed by atoms with van der Waals surface area (Å²) in [5.74, 6) is 0. The smallest absolute Gasteiger partial charge is 0.143 e. The SMILES string of the molecule is C1=CC23C=c4ccccc4=CC2(C=C1)O3. The van der Waals surface area contributed by atoms with Gasteiger partial charge in [0.1, 0.15) is 11.2 Å². The molecule has 1 aliphatic heterocycles. The Labute approximate surface area is 87.7 Å². The van der Waals surface area contributed by atoms with Gasteiger partial charge in [-0.2, -0.15) is 0 Å². The Morgan fingerprint density at radius 2 is 1.33 bits per heavy atom. The summed E-state index contributed by atoms with van der Waals surface area (Å²) in [6.45, 7) is 0. The summed E-state index contributed by atoms with van der Waals surface area (Å²) < 4.78 is 5.91. The second-order valence-electron chi connectivity index (χ2n) is 4.32. The Hall–Kier alpha value is -1.60. The molecule has 0 radical (unpaired) electrons. The van der Waals surface area contributed by atoms with E-state index in [1.807, 2.05) is 0 Å². The zero-order chi connectivity index (χ0) is 9.93. The van der Waals surface area contributed by atoms with Crippen LogP contribution in [0, 0.1) is 0 Å². The van der Waals surface area contributed by atoms with Gasteiger partial charge in [-0.3, -0.25) is 0 Å². The van der Waals surface area contributed by atoms with E-state index in [2.05, 4.69) is 60.7 Å². The maximum Gasteiger partial charge on any atom is 0.143 e. The van der Waals surface area contributed by atoms with Crippen LogP contribution in [0.5, 0.6) is 0 Å². The van der Waals surface area contributed by atoms with Gasteiger partial charge in [-0.25, -0.2) is 0 Å². The van der Waals surface area contributed by atoms with Crippen LogP contribution < -0.4 is 10.4 Å². The van der Waals surface area contributed by atoms with Crippen LogP contribution in [0.3, 0.4) is 0 Å². The van der Waals surface area contributed by atoms with Gasteiger partial charge < -0.3 is 4.74 Å². The lowest BCUT2D eigenvalue weighted by molar-refractivity contribution is 0.364. The van der Waals surface area contributed by atoms with Crippen LogP contribution in [0.15, 0.2) is 48.6 Å². The normalized spacial score (nSPS) is 38.1. The summed E-state index contributed by atoms with van der Waals surface area (Å²) >= 11 is 0. The Bertz CT molecular complexity index is 568. The van der Waals surface area contributed by atoms with Crippen molar-refractivity contribution in [2.75, 3.05) is 0 Å². The van der Waals surface area contributed by atoms with Crippen molar-refractivity contribution in [3.05, 3.63) is 59.0 Å². The maximum absolute atomic E-state index is 5.91. The van der Waals surface area contributed by atoms with Crippen LogP contribution in [-0.2, 0) is 4.74 Å². The first-order chi connectivity index (χ1) is 7.34. The molecule has 15 heavy (non-hydrogen) atoms. The Kier molecular flexibility index (Phi) is 1.10. The van der Waals surface area contributed by atoms with Gasteiger partial charge in [0.15, 0.2) is 0 Å². The minimum Gasteiger partial charge on any atom is -0.345 e. The first-order valence-electron chi connectivity index (χ1n) is 5.22. The molecule has 2 aliphatic carbocycles. The van der Waals surface area contributed by atoms with Gasteiger partial charge in [0.2, 0.25) is 0 Å². The van der Waals surface area contributed by atoms with Crippen molar-refractivity contribution >= 4 is 12.2 Å². The molecule has 2 unspecified atom stereocenters. The molecule has 4 rings (SSSR count). The molecule has 1 aromatic carbocycles. The van der Waals surface area contributed by atoms with Crippen LogP contribution >= 0.6 is 0 Å². The molecule has 1 aromatic rings. The van der Waals surface area contributed by atoms with E-state index in [0.29, 0.717) is 0 Å². The molecule has 1 heterocycles. The van der Waals surface area contributed by atoms with Crippen molar-refractivity contribution in [2.24, 2.45) is 0 Å². The molecule has 1 fully saturated rings. The van der Waals surface area contributed by atoms with Gasteiger partial charge >= 0.3 is 0 Å². The van der Waals surface area contributed by atoms with Gasteiger partial charge in [-0.05, 0) is 34.7 Å². The lowest BCUT2D eigenvalue weighted by Crippen LogP contribution is -2.36. The molecule has 1 heteroatoms. The first kappa shape index (κ1) is 7.66. The Morgan fingerprint density at radius 1 is 0.800 bits per heavy atom. The molecule has 0 N–H and O–H groups in total. The molecule has 2 atom stereocenters. The number of allylic oxidation sites excluding steroid dienone is 2. The summed E-state index contributed by atoms with van der Waals surface area (Å²) in [6, 6.07) is 8.41. The van der Waals surface area contributed by atoms with Crippen LogP contribution in [0.4, 0.5) is 0 Å². The van der Waals surface area contributed by atoms with E-state index in [1.54, 1.807) is 0 Å². The average molecular weight is 194 g/mol. The van der Waals surface area contributed by atoms with Crippen LogP contribution in [0.1, 0.15) is 0 Å². The van der Waals surface area contributed by atoms with E-state index < -0.39 is 0 Å². The molecular formula is C14H10O. The highest BCUT2D eigenvalue weighted by Crippen LogP contribution is 2.55. The summed E-state index contributed by atoms with van der Waals surface area (Å²) in [5.41, 5.74) is -0.369. The molecule has 0 bridgehead atoms. The minimum atomic E-state index is -0.184. The first-order valence-corrected chi connectivity index (χ1v) is 5.22. The van der Waals surface area contributed by atoms with Crippen molar-refractivity contribution < 1.29 is 4.74 Å². The molecular weight excluding hydrogens is 184 g/mol. The van der Waals surface area contributed by atoms with Crippen molar-refractivity contribution in [2.45, 2.75) is 11.2 Å². The monoisotopic (exact) mass is 194 g/mol. The van der Waals surface area contributed by atoms with Crippen molar-refractivity contribution in [1.82, 2.24) is 0 Å². The number of fused-ring (bicyclic) bond motifs is 1. The third-order valence-corrected chi connectivity index (χ3v) is 3.44. The van der Waals surface area contributed by atoms with Gasteiger partial charge in [0.05, 0.1) is 0 Å². The van der Waals surface area contributed by atoms with E-state index in [-0.39, 0.29) is 11.2 Å². The quantitative estimate of drug-likeness (QED) is 0.559. The van der Waals surface area contributed by atoms with Crippen LogP contribution in [0.25, 0.3) is 12.2 Å². The molecule has 72 valence electrons. The summed E-state index contributed by atoms with van der Waals surface area (Å²) in [6.07, 6.45) is 12.8. The lowest BCUT2D eigenvalue weighted by Gasteiger charge is -2.13. The number of rotatable bonds is 0. The Balaban J connectivity index is 2.12. The molecule has 1 saturated heterocycles. The number of epoxide rings is 1. The second kappa shape index (κ2) is 2.15. The summed E-state index contributed by atoms with van der Waals surface area (Å²) in [5, 5.41) is 2.54. The highest BCUT2D eigenvalue weighted by Gasteiger charge is 2.65. The Morgan fingerprint density at radius 3 is 1.87 bits per heavy atom. The van der Waals surface area contributed by atoms with E-state index in [4.69, 9.17) is 4.74 Å². The number of benzene rings is 1. The summed E-state index contributed by atoms with van der Waals surface area (Å²) in [7, 11) is 0. The fourth-order valence-electron chi connectivity index (χ4n) is 2.60. The molecule has 1 nitrogen and oxygen atoms in total. The fraction of sp³-hybridized carbons (Fsp3) is 0.143. The predicted octanol–water partition coefficient (Wildman–Crippen LogP) is 0.895. The zero-order valence-corrected chi connectivity index (χ0v) is 8.18. The van der Waals surface area contributed by atoms with Crippen molar-refractivity contribution in [3.63, 3.8) is 0 Å². The van der Waals surface area contributed by atoms with Gasteiger partial charge in [0.25, 0.3) is 0 Å². The number of ether oxygens (including phenoxy) is 1. The van der Waals surface area contributed by atoms with Crippen molar-refractivity contribution in [1.29, 1.82) is 0 Å². The maximum atomic E-state index is 5.91. The predicted molar refractivity (Wildman–Crippen MR) is 59.4 cm³/mol. The number of hydrogen-bond donors (Lipinski definition) is 0. The molecule has 0 saturated carbocycles. The van der Waals surface area contributed by atoms with E-state index in [1.165, 1.54) is 10.4 Å². The van der Waals surface area contributed by atoms with E-state index in [0.717, 1.165) is 0 Å². The topological polar surface area (TPSA) is 12.5 Å². The van der Waals surface area contributed by atoms with Crippen LogP contribution in [0.2, 0.25) is 0 Å². The fourth-order valence-corrected chi connectivity index (χ4v) is 2.60. The lowest BCUT2D eigenvalue weighted by atomic mass is 9.84. The third kappa shape index (κ3) is 0.783. The molecule has 0 spiro atoms. The second-order valence-corrected chi connectivity index (χ2v) is 4.32. The standard InChI is InChI=1S/C14H10O/c1-2-6-12-10-14-8-4-3-7-13(14,15-14)9-11(12)5-1/h1-10H. The summed E-state index contributed by atoms with van der Waals surface area (Å²) in [4.78, 5) is 0. The zero-order valence-electron chi connectivity index (χ0n) is 8.18. The average Bonchev–Trinajstić information content (AvgIpc) is 2.93.